The Hall–Kier alpha value is -4.38. The van der Waals surface area contributed by atoms with Crippen LogP contribution in [0, 0.1) is 0 Å². The minimum atomic E-state index is -1.00. The normalized spacial score (nSPS) is 12.9. The van der Waals surface area contributed by atoms with Crippen molar-refractivity contribution in [3.63, 3.8) is 0 Å². The number of benzene rings is 4. The number of hydrogen-bond donors (Lipinski definition) is 2. The highest BCUT2D eigenvalue weighted by Gasteiger charge is 2.29. The van der Waals surface area contributed by atoms with Crippen molar-refractivity contribution in [2.24, 2.45) is 0 Å². The summed E-state index contributed by atoms with van der Waals surface area (Å²) in [5.74, 6) is -1.07. The third-order valence-electron chi connectivity index (χ3n) is 6.44. The number of carboxylic acid groups (broad SMARTS) is 1. The molecule has 1 atom stereocenters. The Morgan fingerprint density at radius 3 is 1.91 bits per heavy atom. The zero-order chi connectivity index (χ0) is 24.2. The van der Waals surface area contributed by atoms with E-state index in [0.29, 0.717) is 0 Å². The van der Waals surface area contributed by atoms with Crippen LogP contribution in [0.5, 0.6) is 0 Å². The third kappa shape index (κ3) is 4.66. The first-order valence-corrected chi connectivity index (χ1v) is 11.6. The summed E-state index contributed by atoms with van der Waals surface area (Å²) < 4.78 is 5.68. The molecule has 0 bridgehead atoms. The Bertz CT molecular complexity index is 1320. The van der Waals surface area contributed by atoms with Crippen LogP contribution in [0.2, 0.25) is 0 Å². The van der Waals surface area contributed by atoms with Crippen molar-refractivity contribution in [2.75, 3.05) is 6.61 Å². The molecule has 1 aliphatic rings. The second kappa shape index (κ2) is 9.85. The number of carbonyl (C=O) groups is 2. The SMILES string of the molecule is O=C(O)C[C@H](NC(=O)OCC1c2ccccc2-c2ccccc21)c1ccccc1-c1ccccc1. The summed E-state index contributed by atoms with van der Waals surface area (Å²) >= 11 is 0. The average molecular weight is 464 g/mol. The fourth-order valence-electron chi connectivity index (χ4n) is 4.88. The predicted molar refractivity (Wildman–Crippen MR) is 135 cm³/mol. The number of nitrogens with one attached hydrogen (secondary N) is 1. The van der Waals surface area contributed by atoms with Crippen LogP contribution in [0.1, 0.15) is 35.1 Å². The molecule has 4 aromatic carbocycles. The minimum Gasteiger partial charge on any atom is -0.481 e. The summed E-state index contributed by atoms with van der Waals surface area (Å²) in [6.45, 7) is 0.167. The van der Waals surface area contributed by atoms with E-state index in [2.05, 4.69) is 29.6 Å². The van der Waals surface area contributed by atoms with Gasteiger partial charge in [0.15, 0.2) is 0 Å². The van der Waals surface area contributed by atoms with Crippen molar-refractivity contribution in [3.05, 3.63) is 120 Å². The molecule has 1 aliphatic carbocycles. The van der Waals surface area contributed by atoms with Gasteiger partial charge in [-0.2, -0.15) is 0 Å². The number of rotatable bonds is 7. The van der Waals surface area contributed by atoms with E-state index < -0.39 is 18.1 Å². The van der Waals surface area contributed by atoms with Crippen molar-refractivity contribution < 1.29 is 19.4 Å². The van der Waals surface area contributed by atoms with Gasteiger partial charge in [0.1, 0.15) is 6.61 Å². The molecule has 0 aliphatic heterocycles. The van der Waals surface area contributed by atoms with Gasteiger partial charge in [-0.1, -0.05) is 103 Å². The summed E-state index contributed by atoms with van der Waals surface area (Å²) in [4.78, 5) is 24.6. The fraction of sp³-hybridized carbons (Fsp3) is 0.133. The van der Waals surface area contributed by atoms with Gasteiger partial charge >= 0.3 is 12.1 Å². The Balaban J connectivity index is 1.36. The van der Waals surface area contributed by atoms with Gasteiger partial charge in [-0.15, -0.1) is 0 Å². The molecule has 0 spiro atoms. The monoisotopic (exact) mass is 463 g/mol. The van der Waals surface area contributed by atoms with E-state index >= 15 is 0 Å². The molecule has 0 radical (unpaired) electrons. The quantitative estimate of drug-likeness (QED) is 0.332. The first-order chi connectivity index (χ1) is 17.1. The van der Waals surface area contributed by atoms with E-state index in [1.807, 2.05) is 78.9 Å². The molecular formula is C30H25NO4. The molecule has 0 unspecified atom stereocenters. The number of hydrogen-bond acceptors (Lipinski definition) is 3. The first-order valence-electron chi connectivity index (χ1n) is 11.6. The van der Waals surface area contributed by atoms with Gasteiger partial charge in [0, 0.05) is 5.92 Å². The summed E-state index contributed by atoms with van der Waals surface area (Å²) in [6, 6.07) is 32.8. The van der Waals surface area contributed by atoms with Gasteiger partial charge in [-0.3, -0.25) is 4.79 Å². The highest BCUT2D eigenvalue weighted by atomic mass is 16.5. The summed E-state index contributed by atoms with van der Waals surface area (Å²) in [5, 5.41) is 12.4. The zero-order valence-corrected chi connectivity index (χ0v) is 19.1. The third-order valence-corrected chi connectivity index (χ3v) is 6.44. The van der Waals surface area contributed by atoms with E-state index in [0.717, 1.165) is 38.9 Å². The molecule has 0 saturated carbocycles. The number of amides is 1. The lowest BCUT2D eigenvalue weighted by Crippen LogP contribution is -2.32. The predicted octanol–water partition coefficient (Wildman–Crippen LogP) is 6.41. The minimum absolute atomic E-state index is 0.0670. The smallest absolute Gasteiger partial charge is 0.407 e. The second-order valence-corrected chi connectivity index (χ2v) is 8.57. The van der Waals surface area contributed by atoms with Crippen LogP contribution in [0.25, 0.3) is 22.3 Å². The lowest BCUT2D eigenvalue weighted by molar-refractivity contribution is -0.137. The summed E-state index contributed by atoms with van der Waals surface area (Å²) in [7, 11) is 0. The van der Waals surface area contributed by atoms with Crippen molar-refractivity contribution in [2.45, 2.75) is 18.4 Å². The van der Waals surface area contributed by atoms with Gasteiger partial charge < -0.3 is 15.2 Å². The van der Waals surface area contributed by atoms with Crippen molar-refractivity contribution in [1.29, 1.82) is 0 Å². The van der Waals surface area contributed by atoms with E-state index in [4.69, 9.17) is 4.74 Å². The van der Waals surface area contributed by atoms with Crippen LogP contribution in [0.15, 0.2) is 103 Å². The van der Waals surface area contributed by atoms with Gasteiger partial charge in [0.2, 0.25) is 0 Å². The summed E-state index contributed by atoms with van der Waals surface area (Å²) in [5.41, 5.74) is 7.10. The van der Waals surface area contributed by atoms with Crippen LogP contribution in [0.3, 0.4) is 0 Å². The van der Waals surface area contributed by atoms with Crippen molar-refractivity contribution >= 4 is 12.1 Å². The Kier molecular flexibility index (Phi) is 6.31. The Labute approximate surface area is 204 Å². The number of carboxylic acids is 1. The zero-order valence-electron chi connectivity index (χ0n) is 19.1. The molecule has 5 nitrogen and oxygen atoms in total. The molecule has 2 N–H and O–H groups in total. The maximum atomic E-state index is 12.9. The van der Waals surface area contributed by atoms with Gasteiger partial charge in [-0.05, 0) is 38.9 Å². The molecule has 5 rings (SSSR count). The molecule has 0 fully saturated rings. The maximum Gasteiger partial charge on any atom is 0.407 e. The van der Waals surface area contributed by atoms with Crippen LogP contribution in [0.4, 0.5) is 4.79 Å². The van der Waals surface area contributed by atoms with Gasteiger partial charge in [-0.25, -0.2) is 4.79 Å². The molecule has 5 heteroatoms. The highest BCUT2D eigenvalue weighted by Crippen LogP contribution is 2.44. The van der Waals surface area contributed by atoms with Crippen LogP contribution in [-0.4, -0.2) is 23.8 Å². The van der Waals surface area contributed by atoms with Crippen LogP contribution >= 0.6 is 0 Å². The van der Waals surface area contributed by atoms with Gasteiger partial charge in [0.25, 0.3) is 0 Å². The number of aliphatic carboxylic acids is 1. The number of alkyl carbamates (subject to hydrolysis) is 1. The van der Waals surface area contributed by atoms with Gasteiger partial charge in [0.05, 0.1) is 12.5 Å². The van der Waals surface area contributed by atoms with E-state index in [1.54, 1.807) is 0 Å². The molecule has 0 aromatic heterocycles. The lowest BCUT2D eigenvalue weighted by Gasteiger charge is -2.21. The highest BCUT2D eigenvalue weighted by molar-refractivity contribution is 5.79. The Morgan fingerprint density at radius 1 is 0.743 bits per heavy atom. The van der Waals surface area contributed by atoms with E-state index in [9.17, 15) is 14.7 Å². The standard InChI is InChI=1S/C30H25NO4/c32-29(33)18-28(26-17-9-4-12-21(26)20-10-2-1-3-11-20)31-30(34)35-19-27-24-15-7-5-13-22(24)23-14-6-8-16-25(23)27/h1-17,27-28H,18-19H2,(H,31,34)(H,32,33)/t28-/m0/s1. The van der Waals surface area contributed by atoms with E-state index in [1.165, 1.54) is 0 Å². The molecule has 4 aromatic rings. The molecule has 35 heavy (non-hydrogen) atoms. The second-order valence-electron chi connectivity index (χ2n) is 8.57. The van der Waals surface area contributed by atoms with Crippen LogP contribution in [-0.2, 0) is 9.53 Å². The number of ether oxygens (including phenoxy) is 1. The number of fused-ring (bicyclic) bond motifs is 3. The molecule has 0 heterocycles. The lowest BCUT2D eigenvalue weighted by atomic mass is 9.93. The van der Waals surface area contributed by atoms with Crippen molar-refractivity contribution in [1.82, 2.24) is 5.32 Å². The molecule has 174 valence electrons. The maximum absolute atomic E-state index is 12.9. The van der Waals surface area contributed by atoms with E-state index in [-0.39, 0.29) is 18.9 Å². The topological polar surface area (TPSA) is 75.6 Å². The van der Waals surface area contributed by atoms with Crippen molar-refractivity contribution in [3.8, 4) is 22.3 Å². The first kappa shape index (κ1) is 22.4. The fourth-order valence-corrected chi connectivity index (χ4v) is 4.88. The summed E-state index contributed by atoms with van der Waals surface area (Å²) in [6.07, 6.45) is -0.894. The largest absolute Gasteiger partial charge is 0.481 e. The molecule has 1 amide bonds. The molecule has 0 saturated heterocycles. The molecular weight excluding hydrogens is 438 g/mol. The van der Waals surface area contributed by atoms with Crippen LogP contribution < -0.4 is 5.32 Å². The number of carbonyl (C=O) groups excluding carboxylic acids is 1. The average Bonchev–Trinajstić information content (AvgIpc) is 3.21. The Morgan fingerprint density at radius 2 is 1.29 bits per heavy atom.